The molecule has 0 radical (unpaired) electrons. The first-order valence-electron chi connectivity index (χ1n) is 6.19. The summed E-state index contributed by atoms with van der Waals surface area (Å²) in [5, 5.41) is 4.38. The highest BCUT2D eigenvalue weighted by molar-refractivity contribution is 7.13. The number of nitrogens with one attached hydrogen (secondary N) is 1. The van der Waals surface area contributed by atoms with Crippen LogP contribution in [0.1, 0.15) is 12.5 Å². The standard InChI is InChI=1S/C14H14N4S/c1-3-16-13-10-6-9(2)4-5-11(10)17-14(18-13)12-7-15-8-19-12/h4-8H,3H2,1-2H3,(H,16,17,18). The van der Waals surface area contributed by atoms with E-state index in [2.05, 4.69) is 46.2 Å². The van der Waals surface area contributed by atoms with Crippen molar-refractivity contribution in [2.75, 3.05) is 11.9 Å². The van der Waals surface area contributed by atoms with E-state index in [9.17, 15) is 0 Å². The molecular weight excluding hydrogens is 256 g/mol. The normalized spacial score (nSPS) is 10.8. The van der Waals surface area contributed by atoms with Crippen LogP contribution in [0.25, 0.3) is 21.6 Å². The maximum absolute atomic E-state index is 4.62. The maximum atomic E-state index is 4.62. The third-order valence-electron chi connectivity index (χ3n) is 2.85. The van der Waals surface area contributed by atoms with Gasteiger partial charge < -0.3 is 5.32 Å². The van der Waals surface area contributed by atoms with Gasteiger partial charge in [0.15, 0.2) is 5.82 Å². The molecule has 1 N–H and O–H groups in total. The number of fused-ring (bicyclic) bond motifs is 1. The second-order valence-corrected chi connectivity index (χ2v) is 5.20. The number of hydrogen-bond donors (Lipinski definition) is 1. The van der Waals surface area contributed by atoms with Gasteiger partial charge in [-0.15, -0.1) is 11.3 Å². The zero-order valence-electron chi connectivity index (χ0n) is 10.8. The molecule has 19 heavy (non-hydrogen) atoms. The third kappa shape index (κ3) is 2.29. The van der Waals surface area contributed by atoms with E-state index in [4.69, 9.17) is 0 Å². The molecule has 0 aliphatic carbocycles. The van der Waals surface area contributed by atoms with Gasteiger partial charge in [0.25, 0.3) is 0 Å². The number of thiazole rings is 1. The van der Waals surface area contributed by atoms with Crippen molar-refractivity contribution in [2.24, 2.45) is 0 Å². The molecule has 0 saturated heterocycles. The van der Waals surface area contributed by atoms with Crippen LogP contribution in [-0.4, -0.2) is 21.5 Å². The van der Waals surface area contributed by atoms with E-state index in [0.717, 1.165) is 34.0 Å². The van der Waals surface area contributed by atoms with Crippen LogP contribution in [0.4, 0.5) is 5.82 Å². The van der Waals surface area contributed by atoms with Crippen LogP contribution in [0.5, 0.6) is 0 Å². The quantitative estimate of drug-likeness (QED) is 0.791. The number of rotatable bonds is 3. The summed E-state index contributed by atoms with van der Waals surface area (Å²) < 4.78 is 0. The molecular formula is C14H14N4S. The van der Waals surface area contributed by atoms with Gasteiger partial charge in [-0.2, -0.15) is 0 Å². The molecule has 0 atom stereocenters. The van der Waals surface area contributed by atoms with Crippen molar-refractivity contribution >= 4 is 28.1 Å². The molecule has 3 rings (SSSR count). The van der Waals surface area contributed by atoms with Gasteiger partial charge in [0.2, 0.25) is 0 Å². The smallest absolute Gasteiger partial charge is 0.173 e. The third-order valence-corrected chi connectivity index (χ3v) is 3.62. The molecule has 4 nitrogen and oxygen atoms in total. The van der Waals surface area contributed by atoms with Gasteiger partial charge >= 0.3 is 0 Å². The average molecular weight is 270 g/mol. The largest absolute Gasteiger partial charge is 0.370 e. The molecule has 0 fully saturated rings. The Labute approximate surface area is 115 Å². The molecule has 2 aromatic heterocycles. The monoisotopic (exact) mass is 270 g/mol. The summed E-state index contributed by atoms with van der Waals surface area (Å²) in [5.74, 6) is 1.62. The van der Waals surface area contributed by atoms with E-state index in [0.29, 0.717) is 0 Å². The molecule has 0 saturated carbocycles. The molecule has 0 spiro atoms. The Hall–Kier alpha value is -2.01. The topological polar surface area (TPSA) is 50.7 Å². The lowest BCUT2D eigenvalue weighted by atomic mass is 10.1. The Balaban J connectivity index is 2.24. The molecule has 0 amide bonds. The second kappa shape index (κ2) is 4.93. The van der Waals surface area contributed by atoms with E-state index in [-0.39, 0.29) is 0 Å². The van der Waals surface area contributed by atoms with Gasteiger partial charge in [0.1, 0.15) is 5.82 Å². The molecule has 0 aliphatic rings. The fourth-order valence-electron chi connectivity index (χ4n) is 1.98. The van der Waals surface area contributed by atoms with Crippen molar-refractivity contribution in [2.45, 2.75) is 13.8 Å². The molecule has 96 valence electrons. The zero-order valence-corrected chi connectivity index (χ0v) is 11.7. The van der Waals surface area contributed by atoms with Crippen LogP contribution in [-0.2, 0) is 0 Å². The van der Waals surface area contributed by atoms with Gasteiger partial charge in [-0.05, 0) is 26.0 Å². The Kier molecular flexibility index (Phi) is 3.13. The number of hydrogen-bond acceptors (Lipinski definition) is 5. The van der Waals surface area contributed by atoms with Crippen LogP contribution in [0.15, 0.2) is 29.9 Å². The van der Waals surface area contributed by atoms with Gasteiger partial charge in [-0.25, -0.2) is 9.97 Å². The highest BCUT2D eigenvalue weighted by atomic mass is 32.1. The summed E-state index contributed by atoms with van der Waals surface area (Å²) in [6.07, 6.45) is 1.80. The van der Waals surface area contributed by atoms with Crippen molar-refractivity contribution in [1.82, 2.24) is 15.0 Å². The van der Waals surface area contributed by atoms with Crippen molar-refractivity contribution in [3.05, 3.63) is 35.5 Å². The van der Waals surface area contributed by atoms with Crippen LogP contribution in [0.2, 0.25) is 0 Å². The van der Waals surface area contributed by atoms with Crippen molar-refractivity contribution in [3.63, 3.8) is 0 Å². The lowest BCUT2D eigenvalue weighted by Crippen LogP contribution is -2.02. The van der Waals surface area contributed by atoms with Gasteiger partial charge in [-0.1, -0.05) is 11.6 Å². The molecule has 1 aromatic carbocycles. The number of anilines is 1. The maximum Gasteiger partial charge on any atom is 0.173 e. The Morgan fingerprint density at radius 1 is 1.26 bits per heavy atom. The predicted octanol–water partition coefficient (Wildman–Crippen LogP) is 3.49. The summed E-state index contributed by atoms with van der Waals surface area (Å²) in [7, 11) is 0. The minimum atomic E-state index is 0.731. The molecule has 0 aliphatic heterocycles. The molecule has 0 bridgehead atoms. The van der Waals surface area contributed by atoms with E-state index >= 15 is 0 Å². The van der Waals surface area contributed by atoms with Crippen LogP contribution in [0, 0.1) is 6.92 Å². The molecule has 2 heterocycles. The second-order valence-electron chi connectivity index (χ2n) is 4.31. The fourth-order valence-corrected chi connectivity index (χ4v) is 2.53. The van der Waals surface area contributed by atoms with Crippen LogP contribution < -0.4 is 5.32 Å². The highest BCUT2D eigenvalue weighted by Gasteiger charge is 2.10. The number of benzene rings is 1. The summed E-state index contributed by atoms with van der Waals surface area (Å²) in [6, 6.07) is 6.23. The van der Waals surface area contributed by atoms with E-state index in [1.165, 1.54) is 5.56 Å². The van der Waals surface area contributed by atoms with Crippen LogP contribution >= 0.6 is 11.3 Å². The molecule has 3 aromatic rings. The Bertz CT molecular complexity index is 707. The molecule has 5 heteroatoms. The first-order chi connectivity index (χ1) is 9.28. The predicted molar refractivity (Wildman–Crippen MR) is 79.5 cm³/mol. The summed E-state index contributed by atoms with van der Waals surface area (Å²) in [6.45, 7) is 4.98. The van der Waals surface area contributed by atoms with Crippen molar-refractivity contribution < 1.29 is 0 Å². The first-order valence-corrected chi connectivity index (χ1v) is 7.07. The number of aryl methyl sites for hydroxylation is 1. The fraction of sp³-hybridized carbons (Fsp3) is 0.214. The van der Waals surface area contributed by atoms with Crippen LogP contribution in [0.3, 0.4) is 0 Å². The minimum absolute atomic E-state index is 0.731. The van der Waals surface area contributed by atoms with Gasteiger partial charge in [-0.3, -0.25) is 4.98 Å². The Morgan fingerprint density at radius 3 is 2.89 bits per heavy atom. The van der Waals surface area contributed by atoms with Crippen molar-refractivity contribution in [1.29, 1.82) is 0 Å². The zero-order chi connectivity index (χ0) is 13.2. The first kappa shape index (κ1) is 12.0. The summed E-state index contributed by atoms with van der Waals surface area (Å²) in [5.41, 5.74) is 3.96. The van der Waals surface area contributed by atoms with Gasteiger partial charge in [0, 0.05) is 18.1 Å². The lowest BCUT2D eigenvalue weighted by molar-refractivity contribution is 1.15. The van der Waals surface area contributed by atoms with Crippen molar-refractivity contribution in [3.8, 4) is 10.7 Å². The Morgan fingerprint density at radius 2 is 2.16 bits per heavy atom. The van der Waals surface area contributed by atoms with Gasteiger partial charge in [0.05, 0.1) is 15.9 Å². The lowest BCUT2D eigenvalue weighted by Gasteiger charge is -2.09. The van der Waals surface area contributed by atoms with E-state index < -0.39 is 0 Å². The van der Waals surface area contributed by atoms with E-state index in [1.807, 2.05) is 6.07 Å². The minimum Gasteiger partial charge on any atom is -0.370 e. The highest BCUT2D eigenvalue weighted by Crippen LogP contribution is 2.27. The number of nitrogens with zero attached hydrogens (tertiary/aromatic N) is 3. The number of aromatic nitrogens is 3. The summed E-state index contributed by atoms with van der Waals surface area (Å²) in [4.78, 5) is 14.3. The SMILES string of the molecule is CCNc1nc(-c2cncs2)nc2ccc(C)cc12. The summed E-state index contributed by atoms with van der Waals surface area (Å²) >= 11 is 1.55. The molecule has 0 unspecified atom stereocenters. The van der Waals surface area contributed by atoms with E-state index in [1.54, 1.807) is 23.0 Å². The average Bonchev–Trinajstić information content (AvgIpc) is 2.93.